The summed E-state index contributed by atoms with van der Waals surface area (Å²) < 4.78 is 5.17. The molecule has 0 spiro atoms. The summed E-state index contributed by atoms with van der Waals surface area (Å²) in [5.74, 6) is -1.87. The fourth-order valence-corrected chi connectivity index (χ4v) is 2.30. The first-order valence-electron chi connectivity index (χ1n) is 6.30. The zero-order valence-electron chi connectivity index (χ0n) is 11.0. The van der Waals surface area contributed by atoms with E-state index in [4.69, 9.17) is 15.6 Å². The van der Waals surface area contributed by atoms with Crippen LogP contribution in [-0.2, 0) is 14.3 Å². The molecule has 0 aliphatic carbocycles. The fourth-order valence-electron chi connectivity index (χ4n) is 2.30. The number of hydrogen-bond donors (Lipinski definition) is 2. The van der Waals surface area contributed by atoms with Gasteiger partial charge in [-0.25, -0.2) is 0 Å². The van der Waals surface area contributed by atoms with Crippen LogP contribution < -0.4 is 5.73 Å². The van der Waals surface area contributed by atoms with Gasteiger partial charge in [0.15, 0.2) is 0 Å². The average Bonchev–Trinajstić information content (AvgIpc) is 2.83. The number of nitrogens with two attached hydrogens (primary N) is 1. The molecule has 1 aliphatic heterocycles. The van der Waals surface area contributed by atoms with Gasteiger partial charge in [-0.1, -0.05) is 13.3 Å². The molecule has 1 aliphatic rings. The quantitative estimate of drug-likeness (QED) is 0.695. The first-order chi connectivity index (χ1) is 8.52. The van der Waals surface area contributed by atoms with Crippen LogP contribution in [0.1, 0.15) is 19.8 Å². The van der Waals surface area contributed by atoms with E-state index >= 15 is 0 Å². The molecule has 3 atom stereocenters. The van der Waals surface area contributed by atoms with Gasteiger partial charge in [-0.15, -0.1) is 0 Å². The van der Waals surface area contributed by atoms with Crippen molar-refractivity contribution >= 4 is 11.9 Å². The van der Waals surface area contributed by atoms with Gasteiger partial charge in [0, 0.05) is 13.6 Å². The molecule has 1 saturated heterocycles. The van der Waals surface area contributed by atoms with E-state index in [0.717, 1.165) is 12.8 Å². The molecule has 0 aromatic rings. The van der Waals surface area contributed by atoms with Crippen molar-refractivity contribution in [2.75, 3.05) is 26.8 Å². The van der Waals surface area contributed by atoms with Crippen LogP contribution in [0.15, 0.2) is 0 Å². The lowest BCUT2D eigenvalue weighted by molar-refractivity contribution is -0.145. The van der Waals surface area contributed by atoms with Crippen LogP contribution in [0.25, 0.3) is 0 Å². The zero-order valence-corrected chi connectivity index (χ0v) is 11.0. The van der Waals surface area contributed by atoms with E-state index in [2.05, 4.69) is 0 Å². The fraction of sp³-hybridized carbons (Fsp3) is 0.833. The van der Waals surface area contributed by atoms with Crippen molar-refractivity contribution < 1.29 is 19.4 Å². The Hall–Kier alpha value is -1.14. The summed E-state index contributed by atoms with van der Waals surface area (Å²) in [6, 6.07) is -0.388. The SMILES string of the molecule is CCCC(CN)C(=O)N(C)C1COCC1C(=O)O. The van der Waals surface area contributed by atoms with Crippen LogP contribution >= 0.6 is 0 Å². The van der Waals surface area contributed by atoms with E-state index in [0.29, 0.717) is 6.54 Å². The number of aliphatic carboxylic acids is 1. The van der Waals surface area contributed by atoms with Crippen molar-refractivity contribution in [2.24, 2.45) is 17.6 Å². The van der Waals surface area contributed by atoms with Gasteiger partial charge in [-0.2, -0.15) is 0 Å². The molecule has 6 nitrogen and oxygen atoms in total. The standard InChI is InChI=1S/C12H22N2O4/c1-3-4-8(5-13)11(15)14(2)10-7-18-6-9(10)12(16)17/h8-10H,3-7,13H2,1-2H3,(H,16,17). The van der Waals surface area contributed by atoms with Crippen molar-refractivity contribution in [3.05, 3.63) is 0 Å². The summed E-state index contributed by atoms with van der Waals surface area (Å²) in [5, 5.41) is 9.07. The number of nitrogens with zero attached hydrogens (tertiary/aromatic N) is 1. The van der Waals surface area contributed by atoms with Crippen LogP contribution in [0.4, 0.5) is 0 Å². The van der Waals surface area contributed by atoms with Crippen LogP contribution in [0.5, 0.6) is 0 Å². The number of rotatable bonds is 6. The smallest absolute Gasteiger partial charge is 0.311 e. The molecule has 1 amide bonds. The Morgan fingerprint density at radius 2 is 2.17 bits per heavy atom. The van der Waals surface area contributed by atoms with Crippen molar-refractivity contribution in [3.63, 3.8) is 0 Å². The average molecular weight is 258 g/mol. The van der Waals surface area contributed by atoms with Crippen molar-refractivity contribution in [1.82, 2.24) is 4.90 Å². The third kappa shape index (κ3) is 3.20. The topological polar surface area (TPSA) is 92.9 Å². The second-order valence-electron chi connectivity index (χ2n) is 4.72. The third-order valence-electron chi connectivity index (χ3n) is 3.48. The molecule has 0 aromatic carbocycles. The molecule has 6 heteroatoms. The van der Waals surface area contributed by atoms with Crippen LogP contribution in [-0.4, -0.2) is 54.7 Å². The first-order valence-corrected chi connectivity index (χ1v) is 6.30. The summed E-state index contributed by atoms with van der Waals surface area (Å²) >= 11 is 0. The van der Waals surface area contributed by atoms with Crippen LogP contribution in [0.3, 0.4) is 0 Å². The highest BCUT2D eigenvalue weighted by molar-refractivity contribution is 5.80. The van der Waals surface area contributed by atoms with Crippen LogP contribution in [0.2, 0.25) is 0 Å². The van der Waals surface area contributed by atoms with Gasteiger partial charge in [0.25, 0.3) is 0 Å². The Morgan fingerprint density at radius 3 is 2.67 bits per heavy atom. The van der Waals surface area contributed by atoms with E-state index in [9.17, 15) is 9.59 Å². The predicted octanol–water partition coefficient (Wildman–Crippen LogP) is -0.0806. The highest BCUT2D eigenvalue weighted by atomic mass is 16.5. The molecule has 1 rings (SSSR count). The maximum Gasteiger partial charge on any atom is 0.311 e. The molecule has 0 saturated carbocycles. The van der Waals surface area contributed by atoms with Gasteiger partial charge in [0.2, 0.25) is 5.91 Å². The van der Waals surface area contributed by atoms with Gasteiger partial charge < -0.3 is 20.5 Å². The second kappa shape index (κ2) is 6.70. The lowest BCUT2D eigenvalue weighted by Crippen LogP contribution is -2.47. The number of carboxylic acid groups (broad SMARTS) is 1. The molecule has 0 aromatic heterocycles. The minimum absolute atomic E-state index is 0.0823. The van der Waals surface area contributed by atoms with E-state index in [1.54, 1.807) is 7.05 Å². The molecule has 1 fully saturated rings. The van der Waals surface area contributed by atoms with E-state index in [1.165, 1.54) is 4.90 Å². The molecular formula is C12H22N2O4. The Kier molecular flexibility index (Phi) is 5.55. The normalized spacial score (nSPS) is 24.8. The Morgan fingerprint density at radius 1 is 1.50 bits per heavy atom. The third-order valence-corrected chi connectivity index (χ3v) is 3.48. The lowest BCUT2D eigenvalue weighted by atomic mass is 9.98. The highest BCUT2D eigenvalue weighted by Gasteiger charge is 2.39. The summed E-state index contributed by atoms with van der Waals surface area (Å²) in [6.07, 6.45) is 1.61. The van der Waals surface area contributed by atoms with Gasteiger partial charge in [0.05, 0.1) is 25.2 Å². The molecule has 0 bridgehead atoms. The van der Waals surface area contributed by atoms with Crippen LogP contribution in [0, 0.1) is 11.8 Å². The summed E-state index contributed by atoms with van der Waals surface area (Å²) in [4.78, 5) is 24.8. The number of hydrogen-bond acceptors (Lipinski definition) is 4. The molecule has 3 unspecified atom stereocenters. The summed E-state index contributed by atoms with van der Waals surface area (Å²) in [5.41, 5.74) is 5.60. The maximum atomic E-state index is 12.2. The summed E-state index contributed by atoms with van der Waals surface area (Å²) in [7, 11) is 1.63. The Labute approximate surface area is 107 Å². The molecule has 0 radical (unpaired) electrons. The highest BCUT2D eigenvalue weighted by Crippen LogP contribution is 2.21. The van der Waals surface area contributed by atoms with Gasteiger partial charge in [0.1, 0.15) is 5.92 Å². The van der Waals surface area contributed by atoms with E-state index in [-0.39, 0.29) is 31.1 Å². The number of carbonyl (C=O) groups excluding carboxylic acids is 1. The molecule has 104 valence electrons. The Bertz CT molecular complexity index is 308. The predicted molar refractivity (Wildman–Crippen MR) is 66.0 cm³/mol. The van der Waals surface area contributed by atoms with Gasteiger partial charge in [-0.3, -0.25) is 9.59 Å². The number of ether oxygens (including phenoxy) is 1. The largest absolute Gasteiger partial charge is 0.481 e. The monoisotopic (exact) mass is 258 g/mol. The maximum absolute atomic E-state index is 12.2. The minimum Gasteiger partial charge on any atom is -0.481 e. The molecule has 3 N–H and O–H groups in total. The second-order valence-corrected chi connectivity index (χ2v) is 4.72. The van der Waals surface area contributed by atoms with Crippen molar-refractivity contribution in [3.8, 4) is 0 Å². The number of carbonyl (C=O) groups is 2. The van der Waals surface area contributed by atoms with Gasteiger partial charge in [-0.05, 0) is 6.42 Å². The van der Waals surface area contributed by atoms with Gasteiger partial charge >= 0.3 is 5.97 Å². The summed E-state index contributed by atoms with van der Waals surface area (Å²) in [6.45, 7) is 2.73. The number of likely N-dealkylation sites (N-methyl/N-ethyl adjacent to an activating group) is 1. The molecule has 18 heavy (non-hydrogen) atoms. The van der Waals surface area contributed by atoms with Crippen molar-refractivity contribution in [2.45, 2.75) is 25.8 Å². The lowest BCUT2D eigenvalue weighted by Gasteiger charge is -2.29. The van der Waals surface area contributed by atoms with E-state index in [1.807, 2.05) is 6.92 Å². The molecular weight excluding hydrogens is 236 g/mol. The Balaban J connectivity index is 2.70. The van der Waals surface area contributed by atoms with Crippen molar-refractivity contribution in [1.29, 1.82) is 0 Å². The van der Waals surface area contributed by atoms with E-state index < -0.39 is 11.9 Å². The first kappa shape index (κ1) is 14.9. The zero-order chi connectivity index (χ0) is 13.7. The number of carboxylic acids is 1. The molecule has 1 heterocycles. The minimum atomic E-state index is -0.920. The number of amides is 1.